The Kier molecular flexibility index (Phi) is 7.84. The fraction of sp³-hybridized carbons (Fsp3) is 0.240. The van der Waals surface area contributed by atoms with Crippen molar-refractivity contribution in [2.24, 2.45) is 0 Å². The SMILES string of the molecule is CCc1ccc(NC(=O)c2c(C)cc(C)nc2SCC(=O)NCc2ccccc2)cc1. The number of nitrogens with zero attached hydrogens (tertiary/aromatic N) is 1. The summed E-state index contributed by atoms with van der Waals surface area (Å²) in [7, 11) is 0. The molecule has 0 bridgehead atoms. The Labute approximate surface area is 187 Å². The van der Waals surface area contributed by atoms with E-state index in [1.807, 2.05) is 74.5 Å². The molecule has 1 aromatic heterocycles. The van der Waals surface area contributed by atoms with E-state index in [-0.39, 0.29) is 17.6 Å². The van der Waals surface area contributed by atoms with E-state index in [2.05, 4.69) is 22.5 Å². The Morgan fingerprint density at radius 2 is 1.68 bits per heavy atom. The highest BCUT2D eigenvalue weighted by Crippen LogP contribution is 2.25. The molecule has 2 amide bonds. The van der Waals surface area contributed by atoms with Crippen LogP contribution in [0.1, 0.15) is 39.7 Å². The van der Waals surface area contributed by atoms with E-state index in [1.54, 1.807) is 0 Å². The maximum Gasteiger partial charge on any atom is 0.258 e. The second-order valence-corrected chi connectivity index (χ2v) is 8.28. The molecule has 160 valence electrons. The van der Waals surface area contributed by atoms with E-state index in [4.69, 9.17) is 0 Å². The predicted octanol–water partition coefficient (Wildman–Crippen LogP) is 4.92. The number of rotatable bonds is 8. The zero-order chi connectivity index (χ0) is 22.2. The molecule has 5 nitrogen and oxygen atoms in total. The monoisotopic (exact) mass is 433 g/mol. The van der Waals surface area contributed by atoms with Gasteiger partial charge in [0.25, 0.3) is 5.91 Å². The molecule has 0 saturated carbocycles. The normalized spacial score (nSPS) is 10.5. The number of carbonyl (C=O) groups is 2. The summed E-state index contributed by atoms with van der Waals surface area (Å²) < 4.78 is 0. The van der Waals surface area contributed by atoms with Crippen LogP contribution in [0.4, 0.5) is 5.69 Å². The third-order valence-corrected chi connectivity index (χ3v) is 5.81. The topological polar surface area (TPSA) is 71.1 Å². The van der Waals surface area contributed by atoms with Gasteiger partial charge in [-0.1, -0.05) is 61.2 Å². The molecule has 0 aliphatic heterocycles. The number of anilines is 1. The van der Waals surface area contributed by atoms with Crippen molar-refractivity contribution in [3.8, 4) is 0 Å². The van der Waals surface area contributed by atoms with Gasteiger partial charge in [0.05, 0.1) is 11.3 Å². The van der Waals surface area contributed by atoms with Crippen LogP contribution in [0.15, 0.2) is 65.7 Å². The van der Waals surface area contributed by atoms with E-state index in [0.29, 0.717) is 17.1 Å². The van der Waals surface area contributed by atoms with Gasteiger partial charge in [-0.15, -0.1) is 0 Å². The first-order valence-electron chi connectivity index (χ1n) is 10.3. The Bertz CT molecular complexity index is 1050. The minimum atomic E-state index is -0.221. The molecule has 2 aromatic carbocycles. The largest absolute Gasteiger partial charge is 0.351 e. The van der Waals surface area contributed by atoms with Gasteiger partial charge >= 0.3 is 0 Å². The highest BCUT2D eigenvalue weighted by Gasteiger charge is 2.18. The lowest BCUT2D eigenvalue weighted by atomic mass is 10.1. The van der Waals surface area contributed by atoms with Crippen LogP contribution >= 0.6 is 11.8 Å². The van der Waals surface area contributed by atoms with Crippen LogP contribution in [0.5, 0.6) is 0 Å². The molecule has 0 fully saturated rings. The van der Waals surface area contributed by atoms with E-state index in [1.165, 1.54) is 17.3 Å². The van der Waals surface area contributed by atoms with Crippen molar-refractivity contribution in [1.82, 2.24) is 10.3 Å². The van der Waals surface area contributed by atoms with Crippen LogP contribution in [0, 0.1) is 13.8 Å². The van der Waals surface area contributed by atoms with Crippen LogP contribution < -0.4 is 10.6 Å². The van der Waals surface area contributed by atoms with Crippen LogP contribution in [0.2, 0.25) is 0 Å². The Balaban J connectivity index is 1.68. The summed E-state index contributed by atoms with van der Waals surface area (Å²) >= 11 is 1.28. The molecule has 1 heterocycles. The molecule has 0 spiro atoms. The van der Waals surface area contributed by atoms with Crippen LogP contribution in [0.25, 0.3) is 0 Å². The quantitative estimate of drug-likeness (QED) is 0.495. The first-order valence-corrected chi connectivity index (χ1v) is 11.3. The van der Waals surface area contributed by atoms with Crippen molar-refractivity contribution in [2.45, 2.75) is 38.8 Å². The minimum absolute atomic E-state index is 0.101. The van der Waals surface area contributed by atoms with Crippen molar-refractivity contribution in [2.75, 3.05) is 11.1 Å². The van der Waals surface area contributed by atoms with E-state index in [0.717, 1.165) is 28.9 Å². The lowest BCUT2D eigenvalue weighted by Crippen LogP contribution is -2.25. The number of carbonyl (C=O) groups excluding carboxylic acids is 2. The van der Waals surface area contributed by atoms with Gasteiger partial charge < -0.3 is 10.6 Å². The molecule has 0 atom stereocenters. The summed E-state index contributed by atoms with van der Waals surface area (Å²) in [6.07, 6.45) is 0.947. The average molecular weight is 434 g/mol. The number of hydrogen-bond donors (Lipinski definition) is 2. The van der Waals surface area contributed by atoms with E-state index >= 15 is 0 Å². The Morgan fingerprint density at radius 3 is 2.35 bits per heavy atom. The molecule has 6 heteroatoms. The van der Waals surface area contributed by atoms with Gasteiger partial charge in [-0.3, -0.25) is 9.59 Å². The van der Waals surface area contributed by atoms with Crippen LogP contribution in [-0.2, 0) is 17.8 Å². The number of aromatic nitrogens is 1. The van der Waals surface area contributed by atoms with Crippen LogP contribution in [0.3, 0.4) is 0 Å². The van der Waals surface area contributed by atoms with E-state index in [9.17, 15) is 9.59 Å². The molecule has 0 unspecified atom stereocenters. The van der Waals surface area contributed by atoms with Gasteiger partial charge in [-0.25, -0.2) is 4.98 Å². The number of nitrogens with one attached hydrogen (secondary N) is 2. The first kappa shape index (κ1) is 22.6. The van der Waals surface area contributed by atoms with Gasteiger partial charge in [0.15, 0.2) is 0 Å². The van der Waals surface area contributed by atoms with Crippen molar-refractivity contribution in [1.29, 1.82) is 0 Å². The molecule has 3 rings (SSSR count). The van der Waals surface area contributed by atoms with Gasteiger partial charge in [0.1, 0.15) is 5.03 Å². The third kappa shape index (κ3) is 6.43. The molecule has 0 radical (unpaired) electrons. The summed E-state index contributed by atoms with van der Waals surface area (Å²) in [6, 6.07) is 19.4. The molecular formula is C25H27N3O2S. The smallest absolute Gasteiger partial charge is 0.258 e. The second kappa shape index (κ2) is 10.8. The summed E-state index contributed by atoms with van der Waals surface area (Å²) in [5.74, 6) is -0.133. The van der Waals surface area contributed by atoms with Crippen molar-refractivity contribution in [3.05, 3.63) is 88.6 Å². The third-order valence-electron chi connectivity index (χ3n) is 4.83. The number of thioether (sulfide) groups is 1. The standard InChI is InChI=1S/C25H27N3O2S/c1-4-19-10-12-21(13-11-19)28-24(30)23-17(2)14-18(3)27-25(23)31-16-22(29)26-15-20-8-6-5-7-9-20/h5-14H,4,15-16H2,1-3H3,(H,26,29)(H,28,30). The van der Waals surface area contributed by atoms with Crippen molar-refractivity contribution in [3.63, 3.8) is 0 Å². The lowest BCUT2D eigenvalue weighted by Gasteiger charge is -2.13. The fourth-order valence-electron chi connectivity index (χ4n) is 3.18. The first-order chi connectivity index (χ1) is 15.0. The maximum atomic E-state index is 13.0. The van der Waals surface area contributed by atoms with Gasteiger partial charge in [0.2, 0.25) is 5.91 Å². The zero-order valence-electron chi connectivity index (χ0n) is 18.1. The molecule has 3 aromatic rings. The van der Waals surface area contributed by atoms with Gasteiger partial charge in [0, 0.05) is 17.9 Å². The number of aryl methyl sites for hydroxylation is 3. The molecule has 0 aliphatic rings. The summed E-state index contributed by atoms with van der Waals surface area (Å²) in [4.78, 5) is 29.9. The van der Waals surface area contributed by atoms with Gasteiger partial charge in [-0.05, 0) is 55.2 Å². The fourth-order valence-corrected chi connectivity index (χ4v) is 4.16. The lowest BCUT2D eigenvalue weighted by molar-refractivity contribution is -0.118. The van der Waals surface area contributed by atoms with Crippen molar-refractivity contribution >= 4 is 29.3 Å². The number of hydrogen-bond acceptors (Lipinski definition) is 4. The average Bonchev–Trinajstić information content (AvgIpc) is 2.77. The summed E-state index contributed by atoms with van der Waals surface area (Å²) in [5, 5.41) is 6.43. The Morgan fingerprint density at radius 1 is 0.968 bits per heavy atom. The number of benzene rings is 2. The molecule has 0 aliphatic carbocycles. The summed E-state index contributed by atoms with van der Waals surface area (Å²) in [5.41, 5.74) is 5.14. The van der Waals surface area contributed by atoms with E-state index < -0.39 is 0 Å². The molecular weight excluding hydrogens is 406 g/mol. The van der Waals surface area contributed by atoms with Crippen molar-refractivity contribution < 1.29 is 9.59 Å². The second-order valence-electron chi connectivity index (χ2n) is 7.32. The highest BCUT2D eigenvalue weighted by atomic mass is 32.2. The zero-order valence-corrected chi connectivity index (χ0v) is 18.9. The predicted molar refractivity (Wildman–Crippen MR) is 126 cm³/mol. The maximum absolute atomic E-state index is 13.0. The van der Waals surface area contributed by atoms with Gasteiger partial charge in [-0.2, -0.15) is 0 Å². The molecule has 31 heavy (non-hydrogen) atoms. The molecule has 2 N–H and O–H groups in total. The highest BCUT2D eigenvalue weighted by molar-refractivity contribution is 8.00. The summed E-state index contributed by atoms with van der Waals surface area (Å²) in [6.45, 7) is 6.34. The number of amides is 2. The number of pyridine rings is 1. The minimum Gasteiger partial charge on any atom is -0.351 e. The Hall–Kier alpha value is -3.12. The molecule has 0 saturated heterocycles. The van der Waals surface area contributed by atoms with Crippen LogP contribution in [-0.4, -0.2) is 22.6 Å².